The smallest absolute Gasteiger partial charge is 0.266 e. The summed E-state index contributed by atoms with van der Waals surface area (Å²) in [7, 11) is 0. The van der Waals surface area contributed by atoms with Gasteiger partial charge in [-0.25, -0.2) is 0 Å². The second kappa shape index (κ2) is 8.02. The minimum atomic E-state index is -0.476. The highest BCUT2D eigenvalue weighted by Crippen LogP contribution is 2.18. The average molecular weight is 327 g/mol. The Balaban J connectivity index is 2.16. The van der Waals surface area contributed by atoms with Gasteiger partial charge in [-0.15, -0.1) is 0 Å². The molecule has 5 heteroatoms. The van der Waals surface area contributed by atoms with Crippen LogP contribution in [0.3, 0.4) is 0 Å². The molecule has 4 nitrogen and oxygen atoms in total. The van der Waals surface area contributed by atoms with Gasteiger partial charge in [-0.2, -0.15) is 5.26 Å². The summed E-state index contributed by atoms with van der Waals surface area (Å²) in [5.74, 6) is 0.182. The highest BCUT2D eigenvalue weighted by Gasteiger charge is 2.10. The maximum atomic E-state index is 12.2. The molecule has 0 aliphatic heterocycles. The van der Waals surface area contributed by atoms with Crippen molar-refractivity contribution < 1.29 is 9.53 Å². The van der Waals surface area contributed by atoms with Gasteiger partial charge in [-0.3, -0.25) is 4.79 Å². The van der Waals surface area contributed by atoms with Gasteiger partial charge in [0.05, 0.1) is 6.61 Å². The zero-order valence-electron chi connectivity index (χ0n) is 12.5. The largest absolute Gasteiger partial charge is 0.494 e. The second-order valence-electron chi connectivity index (χ2n) is 4.64. The number of nitriles is 1. The molecule has 23 heavy (non-hydrogen) atoms. The predicted octanol–water partition coefficient (Wildman–Crippen LogP) is 4.28. The standard InChI is InChI=1S/C18H15ClN2O2/c1-2-23-17-5-3-4-16(11-17)21-18(22)14(12-20)10-13-6-8-15(19)9-7-13/h3-11H,2H2,1H3,(H,21,22)/b14-10+. The zero-order chi connectivity index (χ0) is 16.7. The van der Waals surface area contributed by atoms with Crippen LogP contribution in [0.15, 0.2) is 54.1 Å². The highest BCUT2D eigenvalue weighted by molar-refractivity contribution is 6.30. The summed E-state index contributed by atoms with van der Waals surface area (Å²) in [5.41, 5.74) is 1.30. The van der Waals surface area contributed by atoms with E-state index < -0.39 is 5.91 Å². The van der Waals surface area contributed by atoms with E-state index in [1.807, 2.05) is 13.0 Å². The lowest BCUT2D eigenvalue weighted by molar-refractivity contribution is -0.112. The Morgan fingerprint density at radius 1 is 1.30 bits per heavy atom. The van der Waals surface area contributed by atoms with E-state index in [1.165, 1.54) is 6.08 Å². The van der Waals surface area contributed by atoms with E-state index in [4.69, 9.17) is 16.3 Å². The fourth-order valence-corrected chi connectivity index (χ4v) is 2.03. The quantitative estimate of drug-likeness (QED) is 0.658. The minimum absolute atomic E-state index is 0.00846. The normalized spacial score (nSPS) is 10.7. The highest BCUT2D eigenvalue weighted by atomic mass is 35.5. The summed E-state index contributed by atoms with van der Waals surface area (Å²) < 4.78 is 5.38. The third-order valence-electron chi connectivity index (χ3n) is 2.95. The number of rotatable bonds is 5. The summed E-state index contributed by atoms with van der Waals surface area (Å²) in [6, 6.07) is 15.8. The molecule has 1 N–H and O–H groups in total. The van der Waals surface area contributed by atoms with Crippen LogP contribution in [-0.4, -0.2) is 12.5 Å². The van der Waals surface area contributed by atoms with Crippen LogP contribution in [0.2, 0.25) is 5.02 Å². The molecular formula is C18H15ClN2O2. The molecule has 0 radical (unpaired) electrons. The van der Waals surface area contributed by atoms with E-state index in [9.17, 15) is 10.1 Å². The van der Waals surface area contributed by atoms with E-state index >= 15 is 0 Å². The van der Waals surface area contributed by atoms with Crippen molar-refractivity contribution in [3.05, 3.63) is 64.7 Å². The van der Waals surface area contributed by atoms with Crippen molar-refractivity contribution in [1.82, 2.24) is 0 Å². The van der Waals surface area contributed by atoms with E-state index in [1.54, 1.807) is 48.5 Å². The first-order chi connectivity index (χ1) is 11.1. The second-order valence-corrected chi connectivity index (χ2v) is 5.07. The molecule has 0 saturated carbocycles. The number of anilines is 1. The van der Waals surface area contributed by atoms with Gasteiger partial charge in [-0.1, -0.05) is 29.8 Å². The molecule has 0 heterocycles. The van der Waals surface area contributed by atoms with E-state index in [0.717, 1.165) is 5.56 Å². The predicted molar refractivity (Wildman–Crippen MR) is 91.3 cm³/mol. The Kier molecular flexibility index (Phi) is 5.79. The van der Waals surface area contributed by atoms with Crippen LogP contribution in [0.5, 0.6) is 5.75 Å². The first kappa shape index (κ1) is 16.6. The topological polar surface area (TPSA) is 62.1 Å². The minimum Gasteiger partial charge on any atom is -0.494 e. The monoisotopic (exact) mass is 326 g/mol. The number of nitrogens with zero attached hydrogens (tertiary/aromatic N) is 1. The number of benzene rings is 2. The van der Waals surface area contributed by atoms with Crippen molar-refractivity contribution in [3.63, 3.8) is 0 Å². The zero-order valence-corrected chi connectivity index (χ0v) is 13.3. The van der Waals surface area contributed by atoms with E-state index in [2.05, 4.69) is 5.32 Å². The Morgan fingerprint density at radius 3 is 2.70 bits per heavy atom. The first-order valence-corrected chi connectivity index (χ1v) is 7.41. The molecule has 0 unspecified atom stereocenters. The molecule has 0 aromatic heterocycles. The van der Waals surface area contributed by atoms with E-state index in [-0.39, 0.29) is 5.57 Å². The van der Waals surface area contributed by atoms with Crippen molar-refractivity contribution in [3.8, 4) is 11.8 Å². The van der Waals surface area contributed by atoms with Gasteiger partial charge >= 0.3 is 0 Å². The Hall–Kier alpha value is -2.77. The van der Waals surface area contributed by atoms with Crippen molar-refractivity contribution >= 4 is 29.3 Å². The maximum Gasteiger partial charge on any atom is 0.266 e. The molecule has 0 saturated heterocycles. The number of hydrogen-bond donors (Lipinski definition) is 1. The summed E-state index contributed by atoms with van der Waals surface area (Å²) in [6.45, 7) is 2.42. The van der Waals surface area contributed by atoms with E-state index in [0.29, 0.717) is 23.1 Å². The number of carbonyl (C=O) groups excluding carboxylic acids is 1. The lowest BCUT2D eigenvalue weighted by Crippen LogP contribution is -2.13. The van der Waals surface area contributed by atoms with Crippen molar-refractivity contribution in [2.24, 2.45) is 0 Å². The lowest BCUT2D eigenvalue weighted by Gasteiger charge is -2.07. The van der Waals surface area contributed by atoms with Gasteiger partial charge in [0, 0.05) is 16.8 Å². The summed E-state index contributed by atoms with van der Waals surface area (Å²) in [6.07, 6.45) is 1.51. The number of hydrogen-bond acceptors (Lipinski definition) is 3. The van der Waals surface area contributed by atoms with Crippen LogP contribution in [0, 0.1) is 11.3 Å². The van der Waals surface area contributed by atoms with Gasteiger partial charge in [0.1, 0.15) is 17.4 Å². The van der Waals surface area contributed by atoms with Crippen LogP contribution in [0.4, 0.5) is 5.69 Å². The lowest BCUT2D eigenvalue weighted by atomic mass is 10.1. The van der Waals surface area contributed by atoms with Gasteiger partial charge in [0.25, 0.3) is 5.91 Å². The fraction of sp³-hybridized carbons (Fsp3) is 0.111. The van der Waals surface area contributed by atoms with Gasteiger partial charge in [0.2, 0.25) is 0 Å². The summed E-state index contributed by atoms with van der Waals surface area (Å²) in [5, 5.41) is 12.5. The molecule has 116 valence electrons. The molecule has 0 aliphatic carbocycles. The number of amides is 1. The molecule has 2 aromatic rings. The van der Waals surface area contributed by atoms with Gasteiger partial charge in [0.15, 0.2) is 0 Å². The average Bonchev–Trinajstić information content (AvgIpc) is 2.55. The summed E-state index contributed by atoms with van der Waals surface area (Å²) in [4.78, 5) is 12.2. The van der Waals surface area contributed by atoms with Crippen LogP contribution >= 0.6 is 11.6 Å². The van der Waals surface area contributed by atoms with Crippen LogP contribution in [-0.2, 0) is 4.79 Å². The third kappa shape index (κ3) is 4.87. The van der Waals surface area contributed by atoms with Crippen LogP contribution in [0.25, 0.3) is 6.08 Å². The number of nitrogens with one attached hydrogen (secondary N) is 1. The van der Waals surface area contributed by atoms with Gasteiger partial charge in [-0.05, 0) is 42.8 Å². The number of carbonyl (C=O) groups is 1. The third-order valence-corrected chi connectivity index (χ3v) is 3.20. The maximum absolute atomic E-state index is 12.2. The Labute approximate surface area is 140 Å². The number of ether oxygens (including phenoxy) is 1. The molecule has 0 bridgehead atoms. The fourth-order valence-electron chi connectivity index (χ4n) is 1.90. The number of halogens is 1. The van der Waals surface area contributed by atoms with Crippen LogP contribution in [0.1, 0.15) is 12.5 Å². The summed E-state index contributed by atoms with van der Waals surface area (Å²) >= 11 is 5.82. The van der Waals surface area contributed by atoms with Crippen LogP contribution < -0.4 is 10.1 Å². The van der Waals surface area contributed by atoms with Gasteiger partial charge < -0.3 is 10.1 Å². The molecule has 2 rings (SSSR count). The van der Waals surface area contributed by atoms with Crippen molar-refractivity contribution in [1.29, 1.82) is 5.26 Å². The SMILES string of the molecule is CCOc1cccc(NC(=O)/C(C#N)=C/c2ccc(Cl)cc2)c1. The molecule has 1 amide bonds. The molecular weight excluding hydrogens is 312 g/mol. The first-order valence-electron chi connectivity index (χ1n) is 7.04. The molecule has 0 atom stereocenters. The molecule has 2 aromatic carbocycles. The molecule has 0 fully saturated rings. The molecule has 0 aliphatic rings. The van der Waals surface area contributed by atoms with Crippen molar-refractivity contribution in [2.45, 2.75) is 6.92 Å². The molecule has 0 spiro atoms. The Morgan fingerprint density at radius 2 is 2.04 bits per heavy atom. The Bertz CT molecular complexity index is 761. The van der Waals surface area contributed by atoms with Crippen molar-refractivity contribution in [2.75, 3.05) is 11.9 Å².